The molecule has 4 heterocycles. The van der Waals surface area contributed by atoms with Gasteiger partial charge in [0.15, 0.2) is 0 Å². The van der Waals surface area contributed by atoms with Crippen molar-refractivity contribution in [2.24, 2.45) is 0 Å². The number of fused-ring (bicyclic) bond motifs is 3. The fraction of sp³-hybridized carbons (Fsp3) is 0.400. The number of hydrogen-bond donors (Lipinski definition) is 1. The minimum Gasteiger partial charge on any atom is -0.338 e. The number of hydrogen-bond acceptors (Lipinski definition) is 6. The van der Waals surface area contributed by atoms with E-state index in [1.165, 1.54) is 6.42 Å². The van der Waals surface area contributed by atoms with Crippen LogP contribution < -0.4 is 5.32 Å². The molecule has 2 aromatic carbocycles. The summed E-state index contributed by atoms with van der Waals surface area (Å²) in [4.78, 5) is 22.2. The second kappa shape index (κ2) is 7.94. The van der Waals surface area contributed by atoms with Crippen molar-refractivity contribution in [2.45, 2.75) is 51.5 Å². The molecule has 7 nitrogen and oxygen atoms in total. The van der Waals surface area contributed by atoms with E-state index in [9.17, 15) is 4.79 Å². The first-order valence-corrected chi connectivity index (χ1v) is 11.8. The Labute approximate surface area is 197 Å². The molecule has 2 fully saturated rings. The van der Waals surface area contributed by atoms with Crippen LogP contribution in [0, 0.1) is 6.92 Å². The van der Waals surface area contributed by atoms with Gasteiger partial charge < -0.3 is 14.7 Å². The summed E-state index contributed by atoms with van der Waals surface area (Å²) in [5.74, 6) is 1.28. The van der Waals surface area contributed by atoms with Gasteiger partial charge in [0.25, 0.3) is 5.91 Å². The number of benzene rings is 2. The van der Waals surface area contributed by atoms with Crippen LogP contribution in [-0.4, -0.2) is 51.0 Å². The number of halogens is 1. The van der Waals surface area contributed by atoms with E-state index in [1.807, 2.05) is 48.2 Å². The highest BCUT2D eigenvalue weighted by atomic mass is 35.5. The van der Waals surface area contributed by atoms with E-state index in [4.69, 9.17) is 16.1 Å². The van der Waals surface area contributed by atoms with Gasteiger partial charge in [-0.15, -0.1) is 0 Å². The molecular formula is C25H26ClN5O2. The van der Waals surface area contributed by atoms with E-state index < -0.39 is 0 Å². The maximum absolute atomic E-state index is 13.2. The second-order valence-electron chi connectivity index (χ2n) is 9.42. The molecule has 33 heavy (non-hydrogen) atoms. The van der Waals surface area contributed by atoms with Crippen LogP contribution >= 0.6 is 11.6 Å². The molecule has 0 spiro atoms. The third-order valence-electron chi connectivity index (χ3n) is 7.29. The highest BCUT2D eigenvalue weighted by Crippen LogP contribution is 2.35. The molecule has 6 rings (SSSR count). The molecule has 3 atom stereocenters. The first-order chi connectivity index (χ1) is 16.0. The summed E-state index contributed by atoms with van der Waals surface area (Å²) in [5.41, 5.74) is 4.67. The van der Waals surface area contributed by atoms with Crippen LogP contribution in [0.3, 0.4) is 0 Å². The van der Waals surface area contributed by atoms with Gasteiger partial charge in [-0.05, 0) is 61.2 Å². The van der Waals surface area contributed by atoms with E-state index in [-0.39, 0.29) is 11.9 Å². The summed E-state index contributed by atoms with van der Waals surface area (Å²) in [6, 6.07) is 12.8. The van der Waals surface area contributed by atoms with Crippen LogP contribution in [0.5, 0.6) is 0 Å². The number of piperazine rings is 1. The van der Waals surface area contributed by atoms with Crippen molar-refractivity contribution in [2.75, 3.05) is 13.1 Å². The molecule has 170 valence electrons. The van der Waals surface area contributed by atoms with Gasteiger partial charge in [0.05, 0.1) is 12.6 Å². The standard InChI is InChI=1S/C25H26ClN5O2/c1-14-7-17(24-28-22(33-29-24)13-30-12-20-9-21(30)10-27-20)8-18-11-31(25(32)23(14)18)15(2)16-3-5-19(26)6-4-16/h3-8,15,20-21,27H,9-13H2,1-2H3/t15-,20?,21?/m0/s1. The van der Waals surface area contributed by atoms with Crippen molar-refractivity contribution in [3.63, 3.8) is 0 Å². The Morgan fingerprint density at radius 3 is 2.82 bits per heavy atom. The summed E-state index contributed by atoms with van der Waals surface area (Å²) in [7, 11) is 0. The zero-order chi connectivity index (χ0) is 22.7. The first kappa shape index (κ1) is 20.8. The minimum absolute atomic E-state index is 0.0490. The normalized spacial score (nSPS) is 22.9. The van der Waals surface area contributed by atoms with Crippen molar-refractivity contribution in [3.05, 3.63) is 69.6 Å². The number of aromatic nitrogens is 2. The van der Waals surface area contributed by atoms with Crippen LogP contribution in [0.1, 0.15) is 52.3 Å². The molecule has 0 aliphatic carbocycles. The minimum atomic E-state index is -0.0490. The summed E-state index contributed by atoms with van der Waals surface area (Å²) < 4.78 is 5.58. The number of aryl methyl sites for hydroxylation is 1. The van der Waals surface area contributed by atoms with Crippen molar-refractivity contribution >= 4 is 17.5 Å². The Morgan fingerprint density at radius 1 is 1.27 bits per heavy atom. The third-order valence-corrected chi connectivity index (χ3v) is 7.54. The SMILES string of the molecule is Cc1cc(-c2noc(CN3CC4CC3CN4)n2)cc2c1C(=O)N([C@@H](C)c1ccc(Cl)cc1)C2. The predicted molar refractivity (Wildman–Crippen MR) is 125 cm³/mol. The monoisotopic (exact) mass is 463 g/mol. The lowest BCUT2D eigenvalue weighted by atomic mass is 10.00. The van der Waals surface area contributed by atoms with E-state index in [0.717, 1.165) is 40.9 Å². The molecule has 3 aliphatic heterocycles. The molecule has 1 N–H and O–H groups in total. The fourth-order valence-electron chi connectivity index (χ4n) is 5.50. The second-order valence-corrected chi connectivity index (χ2v) is 9.86. The Hall–Kier alpha value is -2.74. The van der Waals surface area contributed by atoms with E-state index >= 15 is 0 Å². The molecule has 0 saturated carbocycles. The van der Waals surface area contributed by atoms with Crippen LogP contribution in [0.2, 0.25) is 5.02 Å². The Balaban J connectivity index is 1.23. The zero-order valence-corrected chi connectivity index (χ0v) is 19.5. The average Bonchev–Trinajstić information content (AvgIpc) is 3.58. The third kappa shape index (κ3) is 3.64. The first-order valence-electron chi connectivity index (χ1n) is 11.5. The number of nitrogens with zero attached hydrogens (tertiary/aromatic N) is 4. The number of carbonyl (C=O) groups is 1. The topological polar surface area (TPSA) is 74.5 Å². The number of carbonyl (C=O) groups excluding carboxylic acids is 1. The van der Waals surface area contributed by atoms with Crippen LogP contribution in [0.4, 0.5) is 0 Å². The lowest BCUT2D eigenvalue weighted by Crippen LogP contribution is -2.43. The quantitative estimate of drug-likeness (QED) is 0.617. The molecule has 2 unspecified atom stereocenters. The maximum atomic E-state index is 13.2. The van der Waals surface area contributed by atoms with E-state index in [2.05, 4.69) is 27.3 Å². The van der Waals surface area contributed by atoms with Gasteiger partial charge >= 0.3 is 0 Å². The summed E-state index contributed by atoms with van der Waals surface area (Å²) in [5, 5.41) is 8.45. The van der Waals surface area contributed by atoms with Crippen molar-refractivity contribution < 1.29 is 9.32 Å². The lowest BCUT2D eigenvalue weighted by Gasteiger charge is -2.25. The van der Waals surface area contributed by atoms with Gasteiger partial charge in [-0.25, -0.2) is 0 Å². The molecule has 2 bridgehead atoms. The van der Waals surface area contributed by atoms with Gasteiger partial charge in [0.1, 0.15) is 0 Å². The molecule has 3 aliphatic rings. The van der Waals surface area contributed by atoms with Crippen molar-refractivity contribution in [1.29, 1.82) is 0 Å². The molecule has 8 heteroatoms. The van der Waals surface area contributed by atoms with E-state index in [0.29, 0.717) is 41.9 Å². The smallest absolute Gasteiger partial charge is 0.255 e. The Bertz CT molecular complexity index is 1220. The Morgan fingerprint density at radius 2 is 2.09 bits per heavy atom. The van der Waals surface area contributed by atoms with Gasteiger partial charge in [0.2, 0.25) is 11.7 Å². The Kier molecular flexibility index (Phi) is 5.01. The fourth-order valence-corrected chi connectivity index (χ4v) is 5.63. The molecule has 0 radical (unpaired) electrons. The van der Waals surface area contributed by atoms with Crippen molar-refractivity contribution in [1.82, 2.24) is 25.3 Å². The van der Waals surface area contributed by atoms with Gasteiger partial charge in [-0.1, -0.05) is 28.9 Å². The van der Waals surface area contributed by atoms with Crippen LogP contribution in [-0.2, 0) is 13.1 Å². The number of amides is 1. The number of nitrogens with one attached hydrogen (secondary N) is 1. The zero-order valence-electron chi connectivity index (χ0n) is 18.7. The number of likely N-dealkylation sites (tertiary alicyclic amines) is 1. The van der Waals surface area contributed by atoms with Gasteiger partial charge in [-0.3, -0.25) is 9.69 Å². The summed E-state index contributed by atoms with van der Waals surface area (Å²) in [6.07, 6.45) is 1.20. The lowest BCUT2D eigenvalue weighted by molar-refractivity contribution is 0.0715. The van der Waals surface area contributed by atoms with Crippen LogP contribution in [0.25, 0.3) is 11.4 Å². The number of rotatable bonds is 5. The molecule has 3 aromatic rings. The summed E-state index contributed by atoms with van der Waals surface area (Å²) in [6.45, 7) is 7.34. The molecule has 1 aromatic heterocycles. The van der Waals surface area contributed by atoms with Crippen LogP contribution in [0.15, 0.2) is 40.9 Å². The molecule has 2 saturated heterocycles. The largest absolute Gasteiger partial charge is 0.338 e. The van der Waals surface area contributed by atoms with Gasteiger partial charge in [-0.2, -0.15) is 4.98 Å². The maximum Gasteiger partial charge on any atom is 0.255 e. The predicted octanol–water partition coefficient (Wildman–Crippen LogP) is 3.96. The molecular weight excluding hydrogens is 438 g/mol. The molecule has 1 amide bonds. The van der Waals surface area contributed by atoms with E-state index in [1.54, 1.807) is 0 Å². The van der Waals surface area contributed by atoms with Crippen molar-refractivity contribution in [3.8, 4) is 11.4 Å². The highest BCUT2D eigenvalue weighted by molar-refractivity contribution is 6.30. The summed E-state index contributed by atoms with van der Waals surface area (Å²) >= 11 is 6.03. The van der Waals surface area contributed by atoms with Gasteiger partial charge in [0, 0.05) is 47.9 Å². The highest BCUT2D eigenvalue weighted by Gasteiger charge is 2.38. The average molecular weight is 464 g/mol.